The summed E-state index contributed by atoms with van der Waals surface area (Å²) in [6, 6.07) is 1.82. The number of alkyl halides is 3. The van der Waals surface area contributed by atoms with Gasteiger partial charge in [-0.2, -0.15) is 8.78 Å². The normalized spacial score (nSPS) is 10.6. The van der Waals surface area contributed by atoms with Crippen molar-refractivity contribution in [1.82, 2.24) is 0 Å². The molecule has 7 heteroatoms. The van der Waals surface area contributed by atoms with Crippen molar-refractivity contribution in [2.45, 2.75) is 18.4 Å². The van der Waals surface area contributed by atoms with Crippen LogP contribution in [0, 0.1) is 5.82 Å². The summed E-state index contributed by atoms with van der Waals surface area (Å²) in [5.74, 6) is -2.42. The zero-order chi connectivity index (χ0) is 13.0. The molecule has 0 saturated carbocycles. The largest absolute Gasteiger partial charge is 0.481 e. The van der Waals surface area contributed by atoms with Crippen LogP contribution in [0.2, 0.25) is 0 Å². The minimum atomic E-state index is -3.13. The fraction of sp³-hybridized carbons (Fsp3) is 0.300. The van der Waals surface area contributed by atoms with Gasteiger partial charge in [-0.05, 0) is 11.6 Å². The molecule has 0 aliphatic carbocycles. The summed E-state index contributed by atoms with van der Waals surface area (Å²) in [6.45, 7) is -3.13. The zero-order valence-corrected chi connectivity index (χ0v) is 10.0. The molecule has 0 aromatic heterocycles. The number of aliphatic carboxylic acids is 1. The van der Waals surface area contributed by atoms with Gasteiger partial charge in [0.05, 0.1) is 6.42 Å². The van der Waals surface area contributed by atoms with Gasteiger partial charge in [0.1, 0.15) is 11.6 Å². The number of hydrogen-bond donors (Lipinski definition) is 1. The van der Waals surface area contributed by atoms with E-state index in [1.54, 1.807) is 0 Å². The molecule has 0 atom stereocenters. The summed E-state index contributed by atoms with van der Waals surface area (Å²) in [4.78, 5) is 10.6. The molecule has 0 spiro atoms. The van der Waals surface area contributed by atoms with Crippen molar-refractivity contribution in [2.24, 2.45) is 0 Å². The lowest BCUT2D eigenvalue weighted by atomic mass is 10.0. The number of carboxylic acid groups (broad SMARTS) is 1. The van der Waals surface area contributed by atoms with Crippen molar-refractivity contribution >= 4 is 21.9 Å². The van der Waals surface area contributed by atoms with E-state index in [0.29, 0.717) is 0 Å². The Labute approximate surface area is 103 Å². The summed E-state index contributed by atoms with van der Waals surface area (Å²) >= 11 is 3.03. The van der Waals surface area contributed by atoms with Gasteiger partial charge in [-0.25, -0.2) is 4.39 Å². The summed E-state index contributed by atoms with van der Waals surface area (Å²) in [5.41, 5.74) is 0.305. The fourth-order valence-corrected chi connectivity index (χ4v) is 1.84. The standard InChI is InChI=1S/C10H8BrF3O3/c11-4-5-1-6(12)2-8(17-10(13)14)7(5)3-9(15)16/h1-2,10H,3-4H2,(H,15,16). The first-order valence-electron chi connectivity index (χ1n) is 4.48. The van der Waals surface area contributed by atoms with Crippen molar-refractivity contribution < 1.29 is 27.8 Å². The maximum atomic E-state index is 13.1. The van der Waals surface area contributed by atoms with E-state index in [1.165, 1.54) is 0 Å². The summed E-state index contributed by atoms with van der Waals surface area (Å²) in [6.07, 6.45) is -0.511. The molecule has 1 N–H and O–H groups in total. The number of benzene rings is 1. The van der Waals surface area contributed by atoms with Crippen molar-refractivity contribution in [1.29, 1.82) is 0 Å². The summed E-state index contributed by atoms with van der Waals surface area (Å²) < 4.78 is 41.4. The topological polar surface area (TPSA) is 46.5 Å². The highest BCUT2D eigenvalue weighted by atomic mass is 79.9. The zero-order valence-electron chi connectivity index (χ0n) is 8.42. The third-order valence-corrected chi connectivity index (χ3v) is 2.56. The molecule has 0 aliphatic heterocycles. The van der Waals surface area contributed by atoms with Gasteiger partial charge in [-0.1, -0.05) is 15.9 Å². The second kappa shape index (κ2) is 5.90. The van der Waals surface area contributed by atoms with Crippen LogP contribution in [-0.4, -0.2) is 17.7 Å². The maximum Gasteiger partial charge on any atom is 0.387 e. The Morgan fingerprint density at radius 2 is 2.12 bits per heavy atom. The van der Waals surface area contributed by atoms with Gasteiger partial charge in [-0.15, -0.1) is 0 Å². The van der Waals surface area contributed by atoms with Crippen LogP contribution in [0.3, 0.4) is 0 Å². The van der Waals surface area contributed by atoms with Crippen molar-refractivity contribution in [2.75, 3.05) is 0 Å². The monoisotopic (exact) mass is 312 g/mol. The molecule has 0 heterocycles. The SMILES string of the molecule is O=C(O)Cc1c(CBr)cc(F)cc1OC(F)F. The Morgan fingerprint density at radius 3 is 2.59 bits per heavy atom. The Balaban J connectivity index is 3.22. The van der Waals surface area contributed by atoms with Crippen molar-refractivity contribution in [3.63, 3.8) is 0 Å². The summed E-state index contributed by atoms with van der Waals surface area (Å²) in [7, 11) is 0. The van der Waals surface area contributed by atoms with Crippen LogP contribution in [0.5, 0.6) is 5.75 Å². The van der Waals surface area contributed by atoms with Gasteiger partial charge < -0.3 is 9.84 Å². The van der Waals surface area contributed by atoms with E-state index in [-0.39, 0.29) is 16.5 Å². The smallest absolute Gasteiger partial charge is 0.387 e. The van der Waals surface area contributed by atoms with Crippen LogP contribution in [0.4, 0.5) is 13.2 Å². The molecule has 0 unspecified atom stereocenters. The predicted molar refractivity (Wildman–Crippen MR) is 57.0 cm³/mol. The van der Waals surface area contributed by atoms with Crippen molar-refractivity contribution in [3.8, 4) is 5.75 Å². The molecule has 94 valence electrons. The fourth-order valence-electron chi connectivity index (χ4n) is 1.34. The van der Waals surface area contributed by atoms with Crippen LogP contribution >= 0.6 is 15.9 Å². The number of carboxylic acids is 1. The van der Waals surface area contributed by atoms with E-state index >= 15 is 0 Å². The Morgan fingerprint density at radius 1 is 1.47 bits per heavy atom. The molecule has 1 aromatic carbocycles. The van der Waals surface area contributed by atoms with Crippen LogP contribution in [-0.2, 0) is 16.5 Å². The Hall–Kier alpha value is -1.24. The van der Waals surface area contributed by atoms with Crippen LogP contribution < -0.4 is 4.74 Å². The first-order chi connectivity index (χ1) is 7.93. The molecule has 0 saturated heterocycles. The quantitative estimate of drug-likeness (QED) is 0.850. The molecular weight excluding hydrogens is 305 g/mol. The third kappa shape index (κ3) is 3.92. The molecule has 3 nitrogen and oxygen atoms in total. The molecule has 1 rings (SSSR count). The summed E-state index contributed by atoms with van der Waals surface area (Å²) in [5, 5.41) is 8.81. The number of ether oxygens (including phenoxy) is 1. The number of carbonyl (C=O) groups is 1. The number of hydrogen-bond acceptors (Lipinski definition) is 2. The molecule has 0 aliphatic rings. The van der Waals surface area contributed by atoms with Gasteiger partial charge in [-0.3, -0.25) is 4.79 Å². The van der Waals surface area contributed by atoms with E-state index in [4.69, 9.17) is 5.11 Å². The third-order valence-electron chi connectivity index (χ3n) is 1.95. The highest BCUT2D eigenvalue weighted by molar-refractivity contribution is 9.08. The first-order valence-corrected chi connectivity index (χ1v) is 5.60. The van der Waals surface area contributed by atoms with E-state index in [9.17, 15) is 18.0 Å². The maximum absolute atomic E-state index is 13.1. The first kappa shape index (κ1) is 13.8. The van der Waals surface area contributed by atoms with Gasteiger partial charge in [0, 0.05) is 17.0 Å². The van der Waals surface area contributed by atoms with Crippen LogP contribution in [0.25, 0.3) is 0 Å². The lowest BCUT2D eigenvalue weighted by Gasteiger charge is -2.13. The second-order valence-corrected chi connectivity index (χ2v) is 3.68. The minimum Gasteiger partial charge on any atom is -0.481 e. The second-order valence-electron chi connectivity index (χ2n) is 3.12. The average Bonchev–Trinajstić information content (AvgIpc) is 2.20. The Kier molecular flexibility index (Phi) is 4.80. The van der Waals surface area contributed by atoms with Gasteiger partial charge in [0.15, 0.2) is 0 Å². The van der Waals surface area contributed by atoms with Crippen molar-refractivity contribution in [3.05, 3.63) is 29.1 Å². The highest BCUT2D eigenvalue weighted by Crippen LogP contribution is 2.28. The number of rotatable bonds is 5. The average molecular weight is 313 g/mol. The van der Waals surface area contributed by atoms with Gasteiger partial charge in [0.2, 0.25) is 0 Å². The van der Waals surface area contributed by atoms with Crippen LogP contribution in [0.15, 0.2) is 12.1 Å². The Bertz CT molecular complexity index is 424. The van der Waals surface area contributed by atoms with E-state index in [0.717, 1.165) is 12.1 Å². The molecule has 1 aromatic rings. The minimum absolute atomic E-state index is 0.0380. The molecule has 17 heavy (non-hydrogen) atoms. The van der Waals surface area contributed by atoms with Gasteiger partial charge in [0.25, 0.3) is 0 Å². The van der Waals surface area contributed by atoms with Crippen LogP contribution in [0.1, 0.15) is 11.1 Å². The molecule has 0 amide bonds. The lowest BCUT2D eigenvalue weighted by Crippen LogP contribution is -2.10. The van der Waals surface area contributed by atoms with Gasteiger partial charge >= 0.3 is 12.6 Å². The molecule has 0 radical (unpaired) electrons. The predicted octanol–water partition coefficient (Wildman–Crippen LogP) is 2.95. The molecule has 0 bridgehead atoms. The van der Waals surface area contributed by atoms with E-state index in [1.807, 2.05) is 0 Å². The number of halogens is 4. The van der Waals surface area contributed by atoms with E-state index < -0.39 is 30.6 Å². The van der Waals surface area contributed by atoms with E-state index in [2.05, 4.69) is 20.7 Å². The highest BCUT2D eigenvalue weighted by Gasteiger charge is 2.17. The molecular formula is C10H8BrF3O3. The molecule has 0 fully saturated rings. The lowest BCUT2D eigenvalue weighted by molar-refractivity contribution is -0.136.